The number of hydrogen-bond acceptors (Lipinski definition) is 19. The van der Waals surface area contributed by atoms with E-state index in [-0.39, 0.29) is 48.5 Å². The predicted molar refractivity (Wildman–Crippen MR) is 359 cm³/mol. The smallest absolute Gasteiger partial charge is 0.363 e. The Bertz CT molecular complexity index is 4270. The highest BCUT2D eigenvalue weighted by Crippen LogP contribution is 2.51. The van der Waals surface area contributed by atoms with E-state index >= 15 is 36.7 Å². The molecular weight excluding hydrogens is 1380 g/mol. The number of nitrogens with one attached hydrogen (secondary N) is 5. The molecule has 4 saturated heterocycles. The number of amides is 10. The van der Waals surface area contributed by atoms with Crippen LogP contribution in [0.5, 0.6) is 11.5 Å². The lowest BCUT2D eigenvalue weighted by Gasteiger charge is -2.36. The molecule has 104 heavy (non-hydrogen) atoms. The van der Waals surface area contributed by atoms with Gasteiger partial charge in [0.05, 0.1) is 41.2 Å². The van der Waals surface area contributed by atoms with Crippen LogP contribution in [0.15, 0.2) is 21.3 Å². The maximum Gasteiger partial charge on any atom is 0.363 e. The van der Waals surface area contributed by atoms with Crippen LogP contribution >= 0.6 is 0 Å². The molecule has 6 heterocycles. The standard InChI is InChI=1S/C70H85F5N12O17/c1-27(2)47-66(96)86-23-17-19-36(86)64(94)82(13)25-38(88)84(15)55(29(5)6)69(99)101-33(11)49(62(92)78-47)80-60(90)35-22-21-31(9)57-51(35)76-52-41(53-59(32(10)58(52)103-57)104-68(98)54(77-53)40-42(71)44(73)46(75)45(74)43(40)72)61(91)81-50-34(12)102-70(100)56(30(7)8)85(16)39(89)26-83(14)65(95)37-20-18-24-87(37)67(97)48(28(3)4)79-63(50)93/h21-22,27-30,33-34,36-37,47-50,55-56,76H,17-20,23-26H2,1-16H3,(H,78,92)(H,79,93)(H,80,90)(H,81,91)/t33-,34+,36+,37+,47-,48-,49+,50-,55+,56+/m1/s1. The first-order chi connectivity index (χ1) is 48.7. The van der Waals surface area contributed by atoms with Crippen molar-refractivity contribution in [3.8, 4) is 22.8 Å². The molecule has 10 amide bonds. The van der Waals surface area contributed by atoms with Gasteiger partial charge in [0.2, 0.25) is 53.1 Å². The van der Waals surface area contributed by atoms with Crippen LogP contribution in [0.25, 0.3) is 22.4 Å². The van der Waals surface area contributed by atoms with Crippen molar-refractivity contribution in [1.29, 1.82) is 0 Å². The van der Waals surface area contributed by atoms with E-state index in [9.17, 15) is 47.5 Å². The summed E-state index contributed by atoms with van der Waals surface area (Å²) < 4.78 is 101. The third-order valence-electron chi connectivity index (χ3n) is 19.6. The molecular formula is C70H85F5N12O17. The van der Waals surface area contributed by atoms with Crippen LogP contribution in [-0.4, -0.2) is 220 Å². The van der Waals surface area contributed by atoms with Gasteiger partial charge in [-0.15, -0.1) is 0 Å². The van der Waals surface area contributed by atoms with Gasteiger partial charge in [-0.05, 0) is 88.7 Å². The largest absolute Gasteiger partial charge is 0.458 e. The van der Waals surface area contributed by atoms with Crippen LogP contribution in [-0.2, 0) is 57.4 Å². The maximum absolute atomic E-state index is 16.0. The zero-order chi connectivity index (χ0) is 77.0. The number of hydrogen-bond donors (Lipinski definition) is 5. The number of anilines is 2. The summed E-state index contributed by atoms with van der Waals surface area (Å²) >= 11 is 0. The van der Waals surface area contributed by atoms with Crippen LogP contribution in [0.3, 0.4) is 0 Å². The lowest BCUT2D eigenvalue weighted by Crippen LogP contribution is -2.61. The van der Waals surface area contributed by atoms with Gasteiger partial charge in [0, 0.05) is 46.8 Å². The highest BCUT2D eigenvalue weighted by Gasteiger charge is 2.48. The van der Waals surface area contributed by atoms with Crippen molar-refractivity contribution < 1.29 is 98.1 Å². The van der Waals surface area contributed by atoms with Gasteiger partial charge in [-0.1, -0.05) is 61.5 Å². The molecule has 29 nitrogen and oxygen atoms in total. The fourth-order valence-corrected chi connectivity index (χ4v) is 13.8. The first-order valence-corrected chi connectivity index (χ1v) is 34.1. The Morgan fingerprint density at radius 1 is 0.567 bits per heavy atom. The number of benzene rings is 3. The second kappa shape index (κ2) is 30.6. The minimum absolute atomic E-state index is 0.0389. The topological polar surface area (TPSA) is 355 Å². The van der Waals surface area contributed by atoms with Gasteiger partial charge < -0.3 is 74.6 Å². The van der Waals surface area contributed by atoms with Crippen LogP contribution in [0.4, 0.5) is 33.3 Å². The molecule has 3 aromatic carbocycles. The molecule has 34 heteroatoms. The number of likely N-dealkylation sites (N-methyl/N-ethyl adjacent to an activating group) is 4. The fourth-order valence-electron chi connectivity index (χ4n) is 13.8. The summed E-state index contributed by atoms with van der Waals surface area (Å²) in [5.74, 6) is -27.6. The molecule has 0 radical (unpaired) electrons. The molecule has 0 saturated carbocycles. The lowest BCUT2D eigenvalue weighted by molar-refractivity contribution is -0.163. The molecule has 0 spiro atoms. The molecule has 0 bridgehead atoms. The van der Waals surface area contributed by atoms with E-state index < -0.39 is 248 Å². The van der Waals surface area contributed by atoms with Gasteiger partial charge in [0.25, 0.3) is 11.8 Å². The van der Waals surface area contributed by atoms with E-state index in [0.29, 0.717) is 12.8 Å². The number of aryl methyl sites for hydroxylation is 2. The van der Waals surface area contributed by atoms with Crippen molar-refractivity contribution >= 4 is 93.5 Å². The summed E-state index contributed by atoms with van der Waals surface area (Å²) in [6, 6.07) is -9.30. The quantitative estimate of drug-likeness (QED) is 0.0596. The fraction of sp³-hybridized carbons (Fsp3) is 0.543. The van der Waals surface area contributed by atoms with Crippen molar-refractivity contribution in [2.45, 2.75) is 169 Å². The number of fused-ring (bicyclic) bond motifs is 5. The summed E-state index contributed by atoms with van der Waals surface area (Å²) in [6.07, 6.45) is -2.37. The summed E-state index contributed by atoms with van der Waals surface area (Å²) in [4.78, 5) is 201. The van der Waals surface area contributed by atoms with E-state index in [2.05, 4.69) is 31.6 Å². The Morgan fingerprint density at radius 3 is 1.43 bits per heavy atom. The van der Waals surface area contributed by atoms with Gasteiger partial charge in [-0.25, -0.2) is 41.3 Å². The normalized spacial score (nSPS) is 24.5. The van der Waals surface area contributed by atoms with E-state index in [0.717, 1.165) is 26.5 Å². The Morgan fingerprint density at radius 2 is 1.00 bits per heavy atom. The van der Waals surface area contributed by atoms with E-state index in [1.165, 1.54) is 70.9 Å². The summed E-state index contributed by atoms with van der Waals surface area (Å²) in [7, 11) is 5.33. The molecule has 0 unspecified atom stereocenters. The second-order valence-electron chi connectivity index (χ2n) is 28.3. The highest BCUT2D eigenvalue weighted by molar-refractivity contribution is 6.15. The number of rotatable bonds is 9. The number of halogens is 5. The highest BCUT2D eigenvalue weighted by atomic mass is 19.2. The summed E-state index contributed by atoms with van der Waals surface area (Å²) in [5.41, 5.74) is -9.42. The van der Waals surface area contributed by atoms with Crippen molar-refractivity contribution in [2.75, 3.05) is 59.7 Å². The average Bonchev–Trinajstić information content (AvgIpc) is 0.835. The number of carbonyl (C=O) groups excluding carboxylic acids is 12. The van der Waals surface area contributed by atoms with Gasteiger partial charge in [-0.2, -0.15) is 0 Å². The summed E-state index contributed by atoms with van der Waals surface area (Å²) in [6.45, 7) is 17.0. The van der Waals surface area contributed by atoms with Crippen LogP contribution in [0.2, 0.25) is 0 Å². The molecule has 4 aromatic rings. The number of nitrogens with zero attached hydrogens (tertiary/aromatic N) is 7. The van der Waals surface area contributed by atoms with Crippen molar-refractivity contribution in [3.05, 3.63) is 73.9 Å². The number of esters is 2. The molecule has 9 rings (SSSR count). The molecule has 1 aromatic heterocycles. The van der Waals surface area contributed by atoms with Crippen LogP contribution in [0.1, 0.15) is 127 Å². The third kappa shape index (κ3) is 14.7. The first-order valence-electron chi connectivity index (χ1n) is 34.1. The number of cyclic esters (lactones) is 2. The molecule has 10 atom stereocenters. The molecule has 4 fully saturated rings. The predicted octanol–water partition coefficient (Wildman–Crippen LogP) is 4.25. The van der Waals surface area contributed by atoms with E-state index in [1.54, 1.807) is 55.4 Å². The van der Waals surface area contributed by atoms with E-state index in [1.807, 2.05) is 0 Å². The second-order valence-corrected chi connectivity index (χ2v) is 28.3. The Balaban J connectivity index is 1.20. The van der Waals surface area contributed by atoms with Crippen LogP contribution < -0.4 is 36.9 Å². The van der Waals surface area contributed by atoms with Gasteiger partial charge >= 0.3 is 17.6 Å². The average molecular weight is 1460 g/mol. The molecule has 5 N–H and O–H groups in total. The van der Waals surface area contributed by atoms with Crippen molar-refractivity contribution in [3.63, 3.8) is 0 Å². The zero-order valence-corrected chi connectivity index (χ0v) is 60.4. The number of ether oxygens (including phenoxy) is 3. The molecule has 0 aliphatic carbocycles. The van der Waals surface area contributed by atoms with Crippen molar-refractivity contribution in [1.82, 2.24) is 55.7 Å². The SMILES string of the molecule is Cc1ccc(C(=O)N[C@@H]2C(=O)N[C@H](C(C)C)C(=O)N3CCC[C@H]3C(=O)N(C)CC(=O)N(C)[C@@H](C(C)C)C(=O)O[C@@H]2C)c2c1Oc1c(c(C(=O)N[C@H]3C(=O)N[C@H](C(C)C)C(=O)N4CCC[C@H]4C(=O)N(C)CC(=O)N(C)[C@@H](C(C)C)C(=O)O[C@H]3C)c3nc(-c4c(F)c(F)c(F)c(F)c4F)c(=O)oc3c1C)N2. The third-order valence-corrected chi connectivity index (χ3v) is 19.6. The molecule has 5 aliphatic rings. The Kier molecular flexibility index (Phi) is 22.9. The number of aromatic nitrogens is 1. The minimum atomic E-state index is -2.62. The summed E-state index contributed by atoms with van der Waals surface area (Å²) in [5, 5.41) is 13.4. The van der Waals surface area contributed by atoms with Crippen molar-refractivity contribution in [2.24, 2.45) is 23.7 Å². The van der Waals surface area contributed by atoms with Gasteiger partial charge in [0.15, 0.2) is 46.0 Å². The first kappa shape index (κ1) is 77.8. The van der Waals surface area contributed by atoms with Crippen LogP contribution in [0, 0.1) is 66.6 Å². The van der Waals surface area contributed by atoms with Gasteiger partial charge in [-0.3, -0.25) is 47.9 Å². The number of carbonyl (C=O) groups is 12. The minimum Gasteiger partial charge on any atom is -0.458 e. The zero-order valence-electron chi connectivity index (χ0n) is 60.4. The monoisotopic (exact) mass is 1460 g/mol. The Labute approximate surface area is 594 Å². The van der Waals surface area contributed by atoms with Gasteiger partial charge in [0.1, 0.15) is 66.1 Å². The maximum atomic E-state index is 16.0. The Hall–Kier alpha value is -10.3. The van der Waals surface area contributed by atoms with E-state index in [4.69, 9.17) is 18.6 Å². The molecule has 562 valence electrons. The lowest BCUT2D eigenvalue weighted by atomic mass is 9.98. The molecule has 5 aliphatic heterocycles.